The van der Waals surface area contributed by atoms with Crippen molar-refractivity contribution in [2.45, 2.75) is 6.54 Å². The van der Waals surface area contributed by atoms with Crippen molar-refractivity contribution in [1.82, 2.24) is 15.1 Å². The van der Waals surface area contributed by atoms with Gasteiger partial charge in [0.25, 0.3) is 5.91 Å². The first-order valence-electron chi connectivity index (χ1n) is 5.62. The van der Waals surface area contributed by atoms with Crippen LogP contribution in [-0.2, 0) is 6.54 Å². The van der Waals surface area contributed by atoms with E-state index in [4.69, 9.17) is 5.11 Å². The predicted molar refractivity (Wildman–Crippen MR) is 72.7 cm³/mol. The van der Waals surface area contributed by atoms with Crippen molar-refractivity contribution in [3.8, 4) is 11.8 Å². The number of carbonyl (C=O) groups is 1. The van der Waals surface area contributed by atoms with E-state index in [1.165, 1.54) is 6.20 Å². The third-order valence-corrected chi connectivity index (χ3v) is 3.37. The molecule has 0 radical (unpaired) electrons. The van der Waals surface area contributed by atoms with Gasteiger partial charge in [-0.1, -0.05) is 11.8 Å². The number of aromatic amines is 1. The summed E-state index contributed by atoms with van der Waals surface area (Å²) in [5.41, 5.74) is 1.40. The molecule has 0 bridgehead atoms. The minimum Gasteiger partial charge on any atom is -0.384 e. The van der Waals surface area contributed by atoms with Crippen molar-refractivity contribution in [2.24, 2.45) is 0 Å². The zero-order valence-electron chi connectivity index (χ0n) is 10.4. The molecule has 0 saturated heterocycles. The largest absolute Gasteiger partial charge is 0.384 e. The van der Waals surface area contributed by atoms with Crippen LogP contribution in [0.3, 0.4) is 0 Å². The summed E-state index contributed by atoms with van der Waals surface area (Å²) in [5, 5.41) is 16.9. The number of nitrogens with zero attached hydrogens (tertiary/aromatic N) is 2. The van der Waals surface area contributed by atoms with E-state index in [9.17, 15) is 4.79 Å². The highest BCUT2D eigenvalue weighted by atomic mass is 32.1. The van der Waals surface area contributed by atoms with Crippen LogP contribution in [-0.4, -0.2) is 39.8 Å². The molecule has 0 spiro atoms. The van der Waals surface area contributed by atoms with E-state index in [0.717, 1.165) is 10.4 Å². The number of rotatable bonds is 3. The van der Waals surface area contributed by atoms with Crippen LogP contribution in [0.5, 0.6) is 0 Å². The molecule has 2 aromatic rings. The fourth-order valence-electron chi connectivity index (χ4n) is 1.56. The van der Waals surface area contributed by atoms with Gasteiger partial charge in [-0.3, -0.25) is 9.89 Å². The maximum atomic E-state index is 12.0. The molecular weight excluding hydrogens is 262 g/mol. The Kier molecular flexibility index (Phi) is 4.34. The highest BCUT2D eigenvalue weighted by Gasteiger charge is 2.13. The van der Waals surface area contributed by atoms with Gasteiger partial charge in [-0.2, -0.15) is 5.10 Å². The van der Waals surface area contributed by atoms with E-state index in [1.807, 2.05) is 11.4 Å². The number of aliphatic hydroxyl groups is 1. The Morgan fingerprint density at radius 1 is 1.63 bits per heavy atom. The Morgan fingerprint density at radius 3 is 3.16 bits per heavy atom. The molecule has 0 atom stereocenters. The molecular formula is C13H13N3O2S. The van der Waals surface area contributed by atoms with E-state index in [1.54, 1.807) is 29.5 Å². The SMILES string of the molecule is CN(Cc1cc(C#CCO)cs1)C(=O)c1cn[nH]c1. The minimum absolute atomic E-state index is 0.0786. The zero-order valence-corrected chi connectivity index (χ0v) is 11.2. The summed E-state index contributed by atoms with van der Waals surface area (Å²) in [7, 11) is 1.74. The number of nitrogens with one attached hydrogen (secondary N) is 1. The van der Waals surface area contributed by atoms with Crippen LogP contribution in [0.15, 0.2) is 23.8 Å². The van der Waals surface area contributed by atoms with Gasteiger partial charge in [0, 0.05) is 29.1 Å². The fraction of sp³-hybridized carbons (Fsp3) is 0.231. The van der Waals surface area contributed by atoms with E-state index in [2.05, 4.69) is 22.0 Å². The standard InChI is InChI=1S/C13H13N3O2S/c1-16(13(18)11-6-14-15-7-11)8-12-5-10(9-19-12)3-2-4-17/h5-7,9,17H,4,8H2,1H3,(H,14,15). The van der Waals surface area contributed by atoms with Gasteiger partial charge < -0.3 is 10.0 Å². The van der Waals surface area contributed by atoms with Crippen LogP contribution >= 0.6 is 11.3 Å². The van der Waals surface area contributed by atoms with Crippen molar-refractivity contribution < 1.29 is 9.90 Å². The van der Waals surface area contributed by atoms with Crippen LogP contribution in [0, 0.1) is 11.8 Å². The van der Waals surface area contributed by atoms with Gasteiger partial charge in [0.15, 0.2) is 0 Å². The minimum atomic E-state index is -0.149. The number of hydrogen-bond donors (Lipinski definition) is 2. The number of thiophene rings is 1. The molecule has 2 aromatic heterocycles. The molecule has 5 nitrogen and oxygen atoms in total. The highest BCUT2D eigenvalue weighted by Crippen LogP contribution is 2.16. The van der Waals surface area contributed by atoms with Crippen LogP contribution in [0.4, 0.5) is 0 Å². The van der Waals surface area contributed by atoms with Gasteiger partial charge in [-0.05, 0) is 6.07 Å². The maximum Gasteiger partial charge on any atom is 0.257 e. The topological polar surface area (TPSA) is 69.2 Å². The summed E-state index contributed by atoms with van der Waals surface area (Å²) in [5.74, 6) is 5.35. The van der Waals surface area contributed by atoms with Crippen molar-refractivity contribution in [1.29, 1.82) is 0 Å². The molecule has 0 unspecified atom stereocenters. The van der Waals surface area contributed by atoms with Crippen molar-refractivity contribution in [3.63, 3.8) is 0 Å². The van der Waals surface area contributed by atoms with Gasteiger partial charge in [0.2, 0.25) is 0 Å². The Hall–Kier alpha value is -2.10. The molecule has 6 heteroatoms. The summed E-state index contributed by atoms with van der Waals surface area (Å²) in [6.07, 6.45) is 3.08. The molecule has 0 fully saturated rings. The van der Waals surface area contributed by atoms with Crippen molar-refractivity contribution >= 4 is 17.2 Å². The Balaban J connectivity index is 2.01. The van der Waals surface area contributed by atoms with Gasteiger partial charge in [-0.15, -0.1) is 11.3 Å². The average molecular weight is 275 g/mol. The smallest absolute Gasteiger partial charge is 0.257 e. The first-order valence-corrected chi connectivity index (χ1v) is 6.50. The summed E-state index contributed by atoms with van der Waals surface area (Å²) < 4.78 is 0. The van der Waals surface area contributed by atoms with E-state index >= 15 is 0 Å². The first-order chi connectivity index (χ1) is 9.20. The Bertz CT molecular complexity index is 607. The Morgan fingerprint density at radius 2 is 2.47 bits per heavy atom. The lowest BCUT2D eigenvalue weighted by molar-refractivity contribution is 0.0786. The van der Waals surface area contributed by atoms with Gasteiger partial charge in [-0.25, -0.2) is 0 Å². The summed E-state index contributed by atoms with van der Waals surface area (Å²) in [6, 6.07) is 1.92. The average Bonchev–Trinajstić information content (AvgIpc) is 3.06. The molecule has 0 saturated carbocycles. The zero-order chi connectivity index (χ0) is 13.7. The van der Waals surface area contributed by atoms with Crippen LogP contribution < -0.4 is 0 Å². The molecule has 98 valence electrons. The summed E-state index contributed by atoms with van der Waals surface area (Å²) in [6.45, 7) is 0.375. The van der Waals surface area contributed by atoms with Crippen LogP contribution in [0.25, 0.3) is 0 Å². The normalized spacial score (nSPS) is 9.79. The number of amides is 1. The first kappa shape index (κ1) is 13.3. The van der Waals surface area contributed by atoms with Crippen molar-refractivity contribution in [3.05, 3.63) is 39.8 Å². The molecule has 0 aliphatic carbocycles. The van der Waals surface area contributed by atoms with Crippen molar-refractivity contribution in [2.75, 3.05) is 13.7 Å². The number of carbonyl (C=O) groups excluding carboxylic acids is 1. The number of hydrogen-bond acceptors (Lipinski definition) is 4. The number of H-pyrrole nitrogens is 1. The van der Waals surface area contributed by atoms with E-state index in [-0.39, 0.29) is 12.5 Å². The highest BCUT2D eigenvalue weighted by molar-refractivity contribution is 7.10. The molecule has 0 aliphatic heterocycles. The van der Waals surface area contributed by atoms with Gasteiger partial charge in [0.1, 0.15) is 6.61 Å². The second-order valence-corrected chi connectivity index (χ2v) is 4.91. The fourth-order valence-corrected chi connectivity index (χ4v) is 2.43. The Labute approximate surface area is 114 Å². The predicted octanol–water partition coefficient (Wildman–Crippen LogP) is 1.09. The number of aromatic nitrogens is 2. The van der Waals surface area contributed by atoms with E-state index in [0.29, 0.717) is 12.1 Å². The van der Waals surface area contributed by atoms with E-state index < -0.39 is 0 Å². The lowest BCUT2D eigenvalue weighted by Gasteiger charge is -2.14. The van der Waals surface area contributed by atoms with Gasteiger partial charge >= 0.3 is 0 Å². The monoisotopic (exact) mass is 275 g/mol. The molecule has 0 aromatic carbocycles. The van der Waals surface area contributed by atoms with Crippen LogP contribution in [0.2, 0.25) is 0 Å². The number of aliphatic hydroxyl groups excluding tert-OH is 1. The third-order valence-electron chi connectivity index (χ3n) is 2.45. The molecule has 0 aliphatic rings. The summed E-state index contributed by atoms with van der Waals surface area (Å²) >= 11 is 1.54. The lowest BCUT2D eigenvalue weighted by Crippen LogP contribution is -2.25. The second-order valence-electron chi connectivity index (χ2n) is 3.91. The lowest BCUT2D eigenvalue weighted by atomic mass is 10.3. The third kappa shape index (κ3) is 3.44. The molecule has 2 N–H and O–H groups in total. The summed E-state index contributed by atoms with van der Waals surface area (Å²) in [4.78, 5) is 14.7. The quantitative estimate of drug-likeness (QED) is 0.824. The second kappa shape index (κ2) is 6.18. The maximum absolute atomic E-state index is 12.0. The molecule has 2 heterocycles. The van der Waals surface area contributed by atoms with Crippen LogP contribution in [0.1, 0.15) is 20.8 Å². The molecule has 1 amide bonds. The molecule has 19 heavy (non-hydrogen) atoms. The van der Waals surface area contributed by atoms with Gasteiger partial charge in [0.05, 0.1) is 18.3 Å². The molecule has 2 rings (SSSR count).